The van der Waals surface area contributed by atoms with Crippen molar-refractivity contribution in [3.63, 3.8) is 0 Å². The second-order valence-corrected chi connectivity index (χ2v) is 4.74. The van der Waals surface area contributed by atoms with Crippen molar-refractivity contribution < 1.29 is 4.74 Å². The van der Waals surface area contributed by atoms with Gasteiger partial charge in [-0.25, -0.2) is 0 Å². The molecule has 0 amide bonds. The van der Waals surface area contributed by atoms with Crippen LogP contribution in [-0.2, 0) is 13.0 Å². The van der Waals surface area contributed by atoms with E-state index in [1.807, 2.05) is 12.1 Å². The van der Waals surface area contributed by atoms with E-state index in [0.29, 0.717) is 18.1 Å². The number of fused-ring (bicyclic) bond motifs is 1. The quantitative estimate of drug-likeness (QED) is 0.895. The molecule has 86 valence electrons. The maximum Gasteiger partial charge on any atom is 0.127 e. The number of hydrogen-bond donors (Lipinski definition) is 1. The normalized spacial score (nSPS) is 13.4. The van der Waals surface area contributed by atoms with Crippen molar-refractivity contribution in [2.24, 2.45) is 0 Å². The van der Waals surface area contributed by atoms with Gasteiger partial charge in [0.15, 0.2) is 0 Å². The Morgan fingerprint density at radius 1 is 1.50 bits per heavy atom. The smallest absolute Gasteiger partial charge is 0.127 e. The molecule has 0 aromatic heterocycles. The van der Waals surface area contributed by atoms with Gasteiger partial charge in [0.05, 0.1) is 6.61 Å². The maximum absolute atomic E-state index is 6.04. The van der Waals surface area contributed by atoms with E-state index in [2.05, 4.69) is 11.9 Å². The molecule has 1 aromatic carbocycles. The Kier molecular flexibility index (Phi) is 3.74. The van der Waals surface area contributed by atoms with Crippen LogP contribution >= 0.6 is 23.2 Å². The molecule has 0 saturated carbocycles. The minimum Gasteiger partial charge on any atom is -0.493 e. The van der Waals surface area contributed by atoms with E-state index in [9.17, 15) is 0 Å². The first-order chi connectivity index (χ1) is 7.66. The molecule has 0 bridgehead atoms. The van der Waals surface area contributed by atoms with Crippen LogP contribution in [0.5, 0.6) is 5.75 Å². The number of nitrogens with one attached hydrogen (secondary N) is 1. The van der Waals surface area contributed by atoms with Gasteiger partial charge < -0.3 is 10.1 Å². The summed E-state index contributed by atoms with van der Waals surface area (Å²) >= 11 is 11.7. The molecule has 1 N–H and O–H groups in total. The zero-order chi connectivity index (χ0) is 11.5. The molecule has 0 saturated heterocycles. The summed E-state index contributed by atoms with van der Waals surface area (Å²) in [5.41, 5.74) is 2.27. The number of ether oxygens (including phenoxy) is 1. The summed E-state index contributed by atoms with van der Waals surface area (Å²) in [7, 11) is 0. The van der Waals surface area contributed by atoms with Crippen molar-refractivity contribution >= 4 is 23.2 Å². The average molecular weight is 258 g/mol. The summed E-state index contributed by atoms with van der Waals surface area (Å²) in [5, 5.41) is 4.54. The first kappa shape index (κ1) is 11.8. The molecule has 0 aliphatic carbocycles. The van der Waals surface area contributed by atoms with Crippen LogP contribution in [0.2, 0.25) is 5.02 Å². The van der Waals surface area contributed by atoms with Crippen molar-refractivity contribution in [2.45, 2.75) is 13.0 Å². The van der Waals surface area contributed by atoms with E-state index in [1.54, 1.807) is 0 Å². The van der Waals surface area contributed by atoms with E-state index in [0.717, 1.165) is 29.4 Å². The molecule has 1 aromatic rings. The van der Waals surface area contributed by atoms with Gasteiger partial charge in [0, 0.05) is 35.1 Å². The van der Waals surface area contributed by atoms with Gasteiger partial charge in [0.2, 0.25) is 0 Å². The van der Waals surface area contributed by atoms with Crippen molar-refractivity contribution in [1.29, 1.82) is 0 Å². The monoisotopic (exact) mass is 257 g/mol. The molecule has 0 atom stereocenters. The van der Waals surface area contributed by atoms with Gasteiger partial charge in [-0.1, -0.05) is 29.8 Å². The Labute approximate surface area is 105 Å². The molecule has 2 rings (SSSR count). The summed E-state index contributed by atoms with van der Waals surface area (Å²) in [5.74, 6) is 0.970. The predicted octanol–water partition coefficient (Wildman–Crippen LogP) is 3.12. The molecule has 0 fully saturated rings. The van der Waals surface area contributed by atoms with E-state index < -0.39 is 0 Å². The van der Waals surface area contributed by atoms with Crippen LogP contribution in [0.15, 0.2) is 23.7 Å². The van der Waals surface area contributed by atoms with Crippen molar-refractivity contribution in [3.8, 4) is 5.75 Å². The summed E-state index contributed by atoms with van der Waals surface area (Å²) in [6.45, 7) is 5.64. The van der Waals surface area contributed by atoms with E-state index in [-0.39, 0.29) is 0 Å². The first-order valence-corrected chi connectivity index (χ1v) is 5.90. The van der Waals surface area contributed by atoms with Gasteiger partial charge in [-0.3, -0.25) is 0 Å². The molecule has 16 heavy (non-hydrogen) atoms. The fourth-order valence-corrected chi connectivity index (χ4v) is 2.17. The molecule has 1 aliphatic heterocycles. The van der Waals surface area contributed by atoms with Gasteiger partial charge in [-0.2, -0.15) is 0 Å². The van der Waals surface area contributed by atoms with Gasteiger partial charge in [-0.15, -0.1) is 0 Å². The Morgan fingerprint density at radius 2 is 2.31 bits per heavy atom. The highest BCUT2D eigenvalue weighted by Crippen LogP contribution is 2.32. The third-order valence-electron chi connectivity index (χ3n) is 2.46. The first-order valence-electron chi connectivity index (χ1n) is 5.15. The second kappa shape index (κ2) is 5.09. The molecule has 4 heteroatoms. The molecule has 0 unspecified atom stereocenters. The summed E-state index contributed by atoms with van der Waals surface area (Å²) in [6, 6.07) is 3.89. The van der Waals surface area contributed by atoms with E-state index in [4.69, 9.17) is 27.9 Å². The zero-order valence-corrected chi connectivity index (χ0v) is 10.4. The second-order valence-electron chi connectivity index (χ2n) is 3.77. The average Bonchev–Trinajstić information content (AvgIpc) is 2.64. The van der Waals surface area contributed by atoms with Crippen molar-refractivity contribution in [3.05, 3.63) is 39.9 Å². The Bertz CT molecular complexity index is 418. The van der Waals surface area contributed by atoms with Crippen LogP contribution in [0.1, 0.15) is 11.1 Å². The molecule has 0 radical (unpaired) electrons. The lowest BCUT2D eigenvalue weighted by molar-refractivity contribution is 0.352. The predicted molar refractivity (Wildman–Crippen MR) is 67.4 cm³/mol. The van der Waals surface area contributed by atoms with Gasteiger partial charge in [-0.05, 0) is 17.7 Å². The fourth-order valence-electron chi connectivity index (χ4n) is 1.81. The summed E-state index contributed by atoms with van der Waals surface area (Å²) in [4.78, 5) is 0. The van der Waals surface area contributed by atoms with Gasteiger partial charge in [0.25, 0.3) is 0 Å². The summed E-state index contributed by atoms with van der Waals surface area (Å²) < 4.78 is 5.59. The molecular formula is C12H13Cl2NO. The lowest BCUT2D eigenvalue weighted by Gasteiger charge is -2.09. The Morgan fingerprint density at radius 3 is 3.06 bits per heavy atom. The maximum atomic E-state index is 6.04. The van der Waals surface area contributed by atoms with Crippen LogP contribution in [0.25, 0.3) is 0 Å². The molecule has 2 nitrogen and oxygen atoms in total. The molecular weight excluding hydrogens is 245 g/mol. The van der Waals surface area contributed by atoms with Crippen molar-refractivity contribution in [2.75, 3.05) is 13.2 Å². The third-order valence-corrected chi connectivity index (χ3v) is 2.81. The van der Waals surface area contributed by atoms with Gasteiger partial charge >= 0.3 is 0 Å². The fraction of sp³-hybridized carbons (Fsp3) is 0.333. The minimum atomic E-state index is 0.586. The topological polar surface area (TPSA) is 21.3 Å². The lowest BCUT2D eigenvalue weighted by Crippen LogP contribution is -2.15. The highest BCUT2D eigenvalue weighted by Gasteiger charge is 2.17. The SMILES string of the molecule is C=C(Cl)CNCc1cc(Cl)cc2c1OCC2. The van der Waals surface area contributed by atoms with Crippen LogP contribution in [0.3, 0.4) is 0 Å². The third kappa shape index (κ3) is 2.70. The van der Waals surface area contributed by atoms with Crippen LogP contribution < -0.4 is 10.1 Å². The molecule has 1 heterocycles. The number of benzene rings is 1. The van der Waals surface area contributed by atoms with E-state index >= 15 is 0 Å². The van der Waals surface area contributed by atoms with Crippen LogP contribution in [0, 0.1) is 0 Å². The molecule has 0 spiro atoms. The minimum absolute atomic E-state index is 0.586. The highest BCUT2D eigenvalue weighted by atomic mass is 35.5. The van der Waals surface area contributed by atoms with E-state index in [1.165, 1.54) is 5.56 Å². The standard InChI is InChI=1S/C12H13Cl2NO/c1-8(13)6-15-7-10-5-11(14)4-9-2-3-16-12(9)10/h4-5,15H,1-3,6-7H2. The number of halogens is 2. The Hall–Kier alpha value is -0.700. The number of hydrogen-bond acceptors (Lipinski definition) is 2. The van der Waals surface area contributed by atoms with Crippen LogP contribution in [-0.4, -0.2) is 13.2 Å². The van der Waals surface area contributed by atoms with Crippen LogP contribution in [0.4, 0.5) is 0 Å². The van der Waals surface area contributed by atoms with Gasteiger partial charge in [0.1, 0.15) is 5.75 Å². The molecule has 1 aliphatic rings. The largest absolute Gasteiger partial charge is 0.493 e. The summed E-state index contributed by atoms with van der Waals surface area (Å²) in [6.07, 6.45) is 0.936. The lowest BCUT2D eigenvalue weighted by atomic mass is 10.1. The Balaban J connectivity index is 2.11. The van der Waals surface area contributed by atoms with Crippen molar-refractivity contribution in [1.82, 2.24) is 5.32 Å². The highest BCUT2D eigenvalue weighted by molar-refractivity contribution is 6.30. The zero-order valence-electron chi connectivity index (χ0n) is 8.85. The number of rotatable bonds is 4.